The number of nitrogens with two attached hydrogens (primary N) is 1. The second-order valence-corrected chi connectivity index (χ2v) is 4.48. The van der Waals surface area contributed by atoms with Gasteiger partial charge in [0, 0.05) is 32.2 Å². The molecule has 0 spiro atoms. The summed E-state index contributed by atoms with van der Waals surface area (Å²) in [6.45, 7) is 2.04. The van der Waals surface area contributed by atoms with Crippen LogP contribution in [0.2, 0.25) is 0 Å². The van der Waals surface area contributed by atoms with Crippen molar-refractivity contribution >= 4 is 11.7 Å². The molecule has 0 saturated carbocycles. The number of aryl methyl sites for hydroxylation is 1. The second kappa shape index (κ2) is 5.68. The van der Waals surface area contributed by atoms with Gasteiger partial charge in [-0.25, -0.2) is 0 Å². The first-order valence-electron chi connectivity index (χ1n) is 5.67. The van der Waals surface area contributed by atoms with Crippen LogP contribution in [-0.4, -0.2) is 25.2 Å². The van der Waals surface area contributed by atoms with Crippen molar-refractivity contribution in [3.63, 3.8) is 0 Å². The molecule has 1 atom stereocenters. The van der Waals surface area contributed by atoms with Gasteiger partial charge in [-0.2, -0.15) is 0 Å². The Bertz CT molecular complexity index is 402. The van der Waals surface area contributed by atoms with E-state index in [9.17, 15) is 4.79 Å². The maximum Gasteiger partial charge on any atom is 0.303 e. The van der Waals surface area contributed by atoms with E-state index in [4.69, 9.17) is 10.8 Å². The second-order valence-electron chi connectivity index (χ2n) is 4.48. The fourth-order valence-corrected chi connectivity index (χ4v) is 1.78. The zero-order valence-corrected chi connectivity index (χ0v) is 10.6. The monoisotopic (exact) mass is 236 g/mol. The van der Waals surface area contributed by atoms with Gasteiger partial charge in [0.1, 0.15) is 0 Å². The predicted octanol–water partition coefficient (Wildman–Crippen LogP) is 1.93. The van der Waals surface area contributed by atoms with Crippen molar-refractivity contribution in [1.82, 2.24) is 0 Å². The number of carboxylic acid groups (broad SMARTS) is 1. The molecule has 0 bridgehead atoms. The van der Waals surface area contributed by atoms with E-state index in [1.165, 1.54) is 5.56 Å². The highest BCUT2D eigenvalue weighted by Crippen LogP contribution is 2.24. The van der Waals surface area contributed by atoms with Crippen LogP contribution in [0.1, 0.15) is 30.0 Å². The Balaban J connectivity index is 2.84. The normalized spacial score (nSPS) is 12.2. The molecule has 1 rings (SSSR count). The molecule has 0 amide bonds. The molecule has 0 aliphatic heterocycles. The Morgan fingerprint density at radius 1 is 1.47 bits per heavy atom. The molecule has 1 aromatic carbocycles. The van der Waals surface area contributed by atoms with Crippen LogP contribution >= 0.6 is 0 Å². The van der Waals surface area contributed by atoms with Gasteiger partial charge in [-0.15, -0.1) is 0 Å². The first kappa shape index (κ1) is 13.5. The lowest BCUT2D eigenvalue weighted by Crippen LogP contribution is -2.15. The smallest absolute Gasteiger partial charge is 0.303 e. The van der Waals surface area contributed by atoms with E-state index < -0.39 is 5.97 Å². The van der Waals surface area contributed by atoms with E-state index in [0.717, 1.165) is 11.3 Å². The molecular weight excluding hydrogens is 216 g/mol. The Kier molecular flexibility index (Phi) is 4.52. The van der Waals surface area contributed by atoms with Crippen molar-refractivity contribution in [3.05, 3.63) is 29.3 Å². The average molecular weight is 236 g/mol. The molecule has 0 aliphatic rings. The highest BCUT2D eigenvalue weighted by Gasteiger charge is 2.10. The Labute approximate surface area is 102 Å². The summed E-state index contributed by atoms with van der Waals surface area (Å²) in [6, 6.07) is 5.80. The molecule has 1 unspecified atom stereocenters. The quantitative estimate of drug-likeness (QED) is 0.819. The van der Waals surface area contributed by atoms with Gasteiger partial charge >= 0.3 is 5.97 Å². The van der Waals surface area contributed by atoms with Crippen molar-refractivity contribution in [2.24, 2.45) is 5.73 Å². The van der Waals surface area contributed by atoms with Gasteiger partial charge < -0.3 is 15.7 Å². The predicted molar refractivity (Wildman–Crippen MR) is 69.3 cm³/mol. The number of rotatable bonds is 5. The molecule has 4 nitrogen and oxygen atoms in total. The van der Waals surface area contributed by atoms with Gasteiger partial charge in [-0.1, -0.05) is 12.1 Å². The summed E-state index contributed by atoms with van der Waals surface area (Å²) >= 11 is 0. The maximum absolute atomic E-state index is 10.5. The third-order valence-corrected chi connectivity index (χ3v) is 2.81. The number of aliphatic carboxylic acids is 1. The molecule has 3 N–H and O–H groups in total. The zero-order chi connectivity index (χ0) is 13.0. The van der Waals surface area contributed by atoms with Crippen molar-refractivity contribution < 1.29 is 9.90 Å². The fraction of sp³-hybridized carbons (Fsp3) is 0.462. The van der Waals surface area contributed by atoms with E-state index in [0.29, 0.717) is 6.42 Å². The number of nitrogens with zero attached hydrogens (tertiary/aromatic N) is 1. The summed E-state index contributed by atoms with van der Waals surface area (Å²) in [7, 11) is 3.96. The number of carbonyl (C=O) groups is 1. The van der Waals surface area contributed by atoms with Crippen LogP contribution in [0, 0.1) is 6.92 Å². The number of hydrogen-bond acceptors (Lipinski definition) is 3. The van der Waals surface area contributed by atoms with Gasteiger partial charge in [0.15, 0.2) is 0 Å². The lowest BCUT2D eigenvalue weighted by molar-refractivity contribution is -0.137. The van der Waals surface area contributed by atoms with Gasteiger partial charge in [0.25, 0.3) is 0 Å². The van der Waals surface area contributed by atoms with Crippen LogP contribution in [0.3, 0.4) is 0 Å². The minimum atomic E-state index is -0.805. The maximum atomic E-state index is 10.5. The lowest BCUT2D eigenvalue weighted by atomic mass is 10.00. The Morgan fingerprint density at radius 3 is 2.65 bits per heavy atom. The first-order chi connectivity index (χ1) is 7.91. The first-order valence-corrected chi connectivity index (χ1v) is 5.67. The van der Waals surface area contributed by atoms with Crippen LogP contribution in [0.25, 0.3) is 0 Å². The standard InChI is InChI=1S/C13H20N2O2/c1-9-4-5-10(8-12(9)15(2)3)11(14)6-7-13(16)17/h4-5,8,11H,6-7,14H2,1-3H3,(H,16,17). The van der Waals surface area contributed by atoms with Crippen LogP contribution < -0.4 is 10.6 Å². The lowest BCUT2D eigenvalue weighted by Gasteiger charge is -2.19. The van der Waals surface area contributed by atoms with Crippen LogP contribution in [-0.2, 0) is 4.79 Å². The summed E-state index contributed by atoms with van der Waals surface area (Å²) in [5.74, 6) is -0.805. The van der Waals surface area contributed by atoms with Crippen molar-refractivity contribution in [2.75, 3.05) is 19.0 Å². The molecule has 0 heterocycles. The third kappa shape index (κ3) is 3.75. The molecule has 94 valence electrons. The highest BCUT2D eigenvalue weighted by molar-refractivity contribution is 5.66. The molecule has 0 aliphatic carbocycles. The topological polar surface area (TPSA) is 66.6 Å². The summed E-state index contributed by atoms with van der Waals surface area (Å²) < 4.78 is 0. The van der Waals surface area contributed by atoms with E-state index in [2.05, 4.69) is 0 Å². The molecule has 17 heavy (non-hydrogen) atoms. The minimum Gasteiger partial charge on any atom is -0.481 e. The highest BCUT2D eigenvalue weighted by atomic mass is 16.4. The third-order valence-electron chi connectivity index (χ3n) is 2.81. The summed E-state index contributed by atoms with van der Waals surface area (Å²) in [4.78, 5) is 12.5. The van der Waals surface area contributed by atoms with Crippen LogP contribution in [0.4, 0.5) is 5.69 Å². The van der Waals surface area contributed by atoms with E-state index in [1.54, 1.807) is 0 Å². The van der Waals surface area contributed by atoms with Crippen molar-refractivity contribution in [1.29, 1.82) is 0 Å². The number of anilines is 1. The van der Waals surface area contributed by atoms with Crippen molar-refractivity contribution in [2.45, 2.75) is 25.8 Å². The van der Waals surface area contributed by atoms with Crippen LogP contribution in [0.5, 0.6) is 0 Å². The SMILES string of the molecule is Cc1ccc(C(N)CCC(=O)O)cc1N(C)C. The largest absolute Gasteiger partial charge is 0.481 e. The van der Waals surface area contributed by atoms with E-state index >= 15 is 0 Å². The van der Waals surface area contributed by atoms with Gasteiger partial charge in [0.05, 0.1) is 0 Å². The van der Waals surface area contributed by atoms with Gasteiger partial charge in [-0.05, 0) is 30.5 Å². The Morgan fingerprint density at radius 2 is 2.12 bits per heavy atom. The molecule has 0 aromatic heterocycles. The molecular formula is C13H20N2O2. The molecule has 0 radical (unpaired) electrons. The number of carboxylic acids is 1. The van der Waals surface area contributed by atoms with E-state index in [1.807, 2.05) is 44.1 Å². The van der Waals surface area contributed by atoms with Crippen LogP contribution in [0.15, 0.2) is 18.2 Å². The molecule has 0 fully saturated rings. The fourth-order valence-electron chi connectivity index (χ4n) is 1.78. The summed E-state index contributed by atoms with van der Waals surface area (Å²) in [5, 5.41) is 8.63. The molecule has 0 saturated heterocycles. The number of benzene rings is 1. The summed E-state index contributed by atoms with van der Waals surface area (Å²) in [6.07, 6.45) is 0.567. The van der Waals surface area contributed by atoms with Gasteiger partial charge in [0.2, 0.25) is 0 Å². The summed E-state index contributed by atoms with van der Waals surface area (Å²) in [5.41, 5.74) is 9.27. The zero-order valence-electron chi connectivity index (χ0n) is 10.6. The average Bonchev–Trinajstić information content (AvgIpc) is 2.26. The Hall–Kier alpha value is -1.55. The van der Waals surface area contributed by atoms with E-state index in [-0.39, 0.29) is 12.5 Å². The number of hydrogen-bond donors (Lipinski definition) is 2. The minimum absolute atomic E-state index is 0.104. The molecule has 1 aromatic rings. The van der Waals surface area contributed by atoms with Gasteiger partial charge in [-0.3, -0.25) is 4.79 Å². The van der Waals surface area contributed by atoms with Crippen molar-refractivity contribution in [3.8, 4) is 0 Å². The molecule has 4 heteroatoms.